The Labute approximate surface area is 124 Å². The van der Waals surface area contributed by atoms with E-state index in [2.05, 4.69) is 10.2 Å². The van der Waals surface area contributed by atoms with Gasteiger partial charge in [-0.2, -0.15) is 5.10 Å². The molecule has 1 heterocycles. The molecule has 1 N–H and O–H groups in total. The van der Waals surface area contributed by atoms with E-state index in [-0.39, 0.29) is 5.69 Å². The summed E-state index contributed by atoms with van der Waals surface area (Å²) in [5.41, 5.74) is 1.20. The summed E-state index contributed by atoms with van der Waals surface area (Å²) in [6.45, 7) is 0. The Morgan fingerprint density at radius 2 is 1.76 bits per heavy atom. The van der Waals surface area contributed by atoms with Crippen molar-refractivity contribution in [3.8, 4) is 17.1 Å². The van der Waals surface area contributed by atoms with E-state index in [1.807, 2.05) is 30.3 Å². The molecule has 0 aliphatic heterocycles. The molecule has 6 nitrogen and oxygen atoms in total. The second-order valence-electron chi connectivity index (χ2n) is 4.30. The van der Waals surface area contributed by atoms with Crippen molar-refractivity contribution in [2.24, 2.45) is 0 Å². The minimum Gasteiger partial charge on any atom is -0.268 e. The number of H-pyrrole nitrogens is 1. The zero-order valence-corrected chi connectivity index (χ0v) is 11.6. The van der Waals surface area contributed by atoms with Gasteiger partial charge < -0.3 is 0 Å². The Balaban J connectivity index is 2.27. The molecule has 21 heavy (non-hydrogen) atoms. The molecule has 0 saturated carbocycles. The number of nitrogens with zero attached hydrogens (tertiary/aromatic N) is 3. The summed E-state index contributed by atoms with van der Waals surface area (Å²) < 4.78 is 2.06. The first-order chi connectivity index (χ1) is 10.2. The fourth-order valence-corrected chi connectivity index (χ4v) is 2.35. The number of benzene rings is 2. The third-order valence-electron chi connectivity index (χ3n) is 3.03. The van der Waals surface area contributed by atoms with Crippen molar-refractivity contribution in [2.75, 3.05) is 0 Å². The summed E-state index contributed by atoms with van der Waals surface area (Å²) in [4.78, 5) is 10.8. The minimum atomic E-state index is -0.428. The number of hydrogen-bond acceptors (Lipinski definition) is 4. The molecule has 1 aromatic heterocycles. The van der Waals surface area contributed by atoms with Crippen LogP contribution in [-0.2, 0) is 0 Å². The topological polar surface area (TPSA) is 76.8 Å². The van der Waals surface area contributed by atoms with Crippen molar-refractivity contribution < 1.29 is 4.92 Å². The standard InChI is InChI=1S/C14H10N4O2S/c19-18(20)12-9-5-4-8-11(12)13-15-16-14(21)17(13)10-6-2-1-3-7-10/h1-9H,(H,16,21). The monoisotopic (exact) mass is 298 g/mol. The van der Waals surface area contributed by atoms with Crippen LogP contribution in [0.2, 0.25) is 0 Å². The smallest absolute Gasteiger partial charge is 0.268 e. The Morgan fingerprint density at radius 3 is 2.48 bits per heavy atom. The lowest BCUT2D eigenvalue weighted by Crippen LogP contribution is -2.00. The number of para-hydroxylation sites is 2. The summed E-state index contributed by atoms with van der Waals surface area (Å²) in [6, 6.07) is 15.8. The van der Waals surface area contributed by atoms with E-state index in [0.29, 0.717) is 16.2 Å². The Kier molecular flexibility index (Phi) is 3.33. The fourth-order valence-electron chi connectivity index (χ4n) is 2.12. The molecule has 7 heteroatoms. The third kappa shape index (κ3) is 2.34. The number of hydrogen-bond donors (Lipinski definition) is 1. The zero-order valence-electron chi connectivity index (χ0n) is 10.8. The number of nitro benzene ring substituents is 1. The van der Waals surface area contributed by atoms with Gasteiger partial charge in [-0.15, -0.1) is 0 Å². The molecule has 0 unspecified atom stereocenters. The molecule has 2 aromatic carbocycles. The number of nitro groups is 1. The summed E-state index contributed by atoms with van der Waals surface area (Å²) >= 11 is 5.24. The maximum Gasteiger partial charge on any atom is 0.280 e. The Morgan fingerprint density at radius 1 is 1.10 bits per heavy atom. The van der Waals surface area contributed by atoms with Crippen molar-refractivity contribution in [3.05, 3.63) is 69.5 Å². The van der Waals surface area contributed by atoms with Crippen LogP contribution >= 0.6 is 12.2 Å². The van der Waals surface area contributed by atoms with E-state index in [4.69, 9.17) is 12.2 Å². The van der Waals surface area contributed by atoms with Crippen LogP contribution in [0.5, 0.6) is 0 Å². The van der Waals surface area contributed by atoms with Gasteiger partial charge in [0.1, 0.15) is 0 Å². The van der Waals surface area contributed by atoms with Gasteiger partial charge in [0, 0.05) is 11.8 Å². The maximum atomic E-state index is 11.2. The van der Waals surface area contributed by atoms with Crippen LogP contribution in [0.3, 0.4) is 0 Å². The van der Waals surface area contributed by atoms with E-state index >= 15 is 0 Å². The first kappa shape index (κ1) is 13.2. The number of nitrogens with one attached hydrogen (secondary N) is 1. The van der Waals surface area contributed by atoms with Crippen molar-refractivity contribution in [1.29, 1.82) is 0 Å². The molecule has 0 saturated heterocycles. The first-order valence-electron chi connectivity index (χ1n) is 6.15. The summed E-state index contributed by atoms with van der Waals surface area (Å²) in [5, 5.41) is 18.0. The van der Waals surface area contributed by atoms with Gasteiger partial charge in [-0.3, -0.25) is 19.8 Å². The molecule has 104 valence electrons. The molecule has 0 fully saturated rings. The lowest BCUT2D eigenvalue weighted by atomic mass is 10.1. The number of aromatic amines is 1. The van der Waals surface area contributed by atoms with E-state index in [0.717, 1.165) is 5.69 Å². The predicted molar refractivity (Wildman–Crippen MR) is 80.8 cm³/mol. The van der Waals surface area contributed by atoms with Gasteiger partial charge in [-0.1, -0.05) is 30.3 Å². The van der Waals surface area contributed by atoms with Crippen LogP contribution in [0.1, 0.15) is 0 Å². The second kappa shape index (κ2) is 5.29. The molecular weight excluding hydrogens is 288 g/mol. The van der Waals surface area contributed by atoms with Crippen LogP contribution in [-0.4, -0.2) is 19.7 Å². The average Bonchev–Trinajstić information content (AvgIpc) is 2.89. The largest absolute Gasteiger partial charge is 0.280 e. The minimum absolute atomic E-state index is 0.0105. The SMILES string of the molecule is O=[N+]([O-])c1ccccc1-c1n[nH]c(=S)n1-c1ccccc1. The first-order valence-corrected chi connectivity index (χ1v) is 6.56. The summed E-state index contributed by atoms with van der Waals surface area (Å²) in [6.07, 6.45) is 0. The molecule has 0 radical (unpaired) electrons. The molecule has 0 bridgehead atoms. The summed E-state index contributed by atoms with van der Waals surface area (Å²) in [7, 11) is 0. The molecular formula is C14H10N4O2S. The Bertz CT molecular complexity index is 855. The van der Waals surface area contributed by atoms with Crippen LogP contribution in [0.4, 0.5) is 5.69 Å². The van der Waals surface area contributed by atoms with Gasteiger partial charge >= 0.3 is 0 Å². The number of rotatable bonds is 3. The van der Waals surface area contributed by atoms with Gasteiger partial charge in [0.25, 0.3) is 5.69 Å². The van der Waals surface area contributed by atoms with Crippen LogP contribution < -0.4 is 0 Å². The summed E-state index contributed by atoms with van der Waals surface area (Å²) in [5.74, 6) is 0.415. The number of aromatic nitrogens is 3. The van der Waals surface area contributed by atoms with Gasteiger partial charge in [0.15, 0.2) is 10.6 Å². The molecule has 0 amide bonds. The predicted octanol–water partition coefficient (Wildman–Crippen LogP) is 3.51. The molecule has 0 aliphatic carbocycles. The van der Waals surface area contributed by atoms with E-state index < -0.39 is 4.92 Å². The van der Waals surface area contributed by atoms with Crippen LogP contribution in [0, 0.1) is 14.9 Å². The Hall–Kier alpha value is -2.80. The van der Waals surface area contributed by atoms with Crippen LogP contribution in [0.25, 0.3) is 17.1 Å². The second-order valence-corrected chi connectivity index (χ2v) is 4.68. The lowest BCUT2D eigenvalue weighted by molar-refractivity contribution is -0.384. The van der Waals surface area contributed by atoms with Crippen molar-refractivity contribution >= 4 is 17.9 Å². The van der Waals surface area contributed by atoms with E-state index in [1.54, 1.807) is 22.8 Å². The van der Waals surface area contributed by atoms with E-state index in [1.165, 1.54) is 6.07 Å². The molecule has 3 aromatic rings. The van der Waals surface area contributed by atoms with Gasteiger partial charge in [0.05, 0.1) is 10.5 Å². The van der Waals surface area contributed by atoms with Gasteiger partial charge in [-0.05, 0) is 30.4 Å². The van der Waals surface area contributed by atoms with Gasteiger partial charge in [0.2, 0.25) is 0 Å². The average molecular weight is 298 g/mol. The van der Waals surface area contributed by atoms with Crippen molar-refractivity contribution in [2.45, 2.75) is 0 Å². The van der Waals surface area contributed by atoms with E-state index in [9.17, 15) is 10.1 Å². The van der Waals surface area contributed by atoms with Crippen molar-refractivity contribution in [1.82, 2.24) is 14.8 Å². The molecule has 0 spiro atoms. The quantitative estimate of drug-likeness (QED) is 0.456. The highest BCUT2D eigenvalue weighted by Gasteiger charge is 2.20. The highest BCUT2D eigenvalue weighted by Crippen LogP contribution is 2.29. The lowest BCUT2D eigenvalue weighted by Gasteiger charge is -2.07. The third-order valence-corrected chi connectivity index (χ3v) is 3.30. The normalized spacial score (nSPS) is 10.5. The van der Waals surface area contributed by atoms with Gasteiger partial charge in [-0.25, -0.2) is 0 Å². The van der Waals surface area contributed by atoms with Crippen LogP contribution in [0.15, 0.2) is 54.6 Å². The maximum absolute atomic E-state index is 11.2. The fraction of sp³-hybridized carbons (Fsp3) is 0. The molecule has 0 aliphatic rings. The molecule has 3 rings (SSSR count). The molecule has 0 atom stereocenters. The highest BCUT2D eigenvalue weighted by atomic mass is 32.1. The highest BCUT2D eigenvalue weighted by molar-refractivity contribution is 7.71. The van der Waals surface area contributed by atoms with Crippen molar-refractivity contribution in [3.63, 3.8) is 0 Å². The zero-order chi connectivity index (χ0) is 14.8.